The molecule has 2 aromatic heterocycles. The largest absolute Gasteiger partial charge is 0.497 e. The van der Waals surface area contributed by atoms with Crippen LogP contribution in [0, 0.1) is 0 Å². The second-order valence-corrected chi connectivity index (χ2v) is 6.15. The van der Waals surface area contributed by atoms with Gasteiger partial charge < -0.3 is 14.1 Å². The van der Waals surface area contributed by atoms with E-state index in [0.717, 1.165) is 17.7 Å². The Bertz CT molecular complexity index is 893. The molecule has 4 rings (SSSR count). The summed E-state index contributed by atoms with van der Waals surface area (Å²) in [6.45, 7) is 1.23. The minimum Gasteiger partial charge on any atom is -0.497 e. The van der Waals surface area contributed by atoms with Crippen molar-refractivity contribution in [3.05, 3.63) is 60.2 Å². The Hall–Kier alpha value is -3.22. The van der Waals surface area contributed by atoms with Crippen LogP contribution in [0.25, 0.3) is 11.5 Å². The number of aromatic nitrogens is 3. The van der Waals surface area contributed by atoms with Gasteiger partial charge in [-0.3, -0.25) is 9.78 Å². The van der Waals surface area contributed by atoms with E-state index in [1.807, 2.05) is 24.3 Å². The standard InChI is InChI=1S/C19H18N4O3/c1-25-16-6-4-13(5-7-16)17-21-22-18(26-17)15-8-10-23(12-15)19(24)14-3-2-9-20-11-14/h2-7,9,11,15H,8,10,12H2,1H3. The van der Waals surface area contributed by atoms with Crippen molar-refractivity contribution in [3.63, 3.8) is 0 Å². The van der Waals surface area contributed by atoms with E-state index in [2.05, 4.69) is 15.2 Å². The third-order valence-corrected chi connectivity index (χ3v) is 4.51. The van der Waals surface area contributed by atoms with Crippen LogP contribution in [0.5, 0.6) is 5.75 Å². The van der Waals surface area contributed by atoms with Gasteiger partial charge in [0.25, 0.3) is 5.91 Å². The van der Waals surface area contributed by atoms with Crippen LogP contribution in [-0.4, -0.2) is 46.2 Å². The minimum atomic E-state index is -0.0181. The van der Waals surface area contributed by atoms with Crippen molar-refractivity contribution in [2.24, 2.45) is 0 Å². The first-order valence-corrected chi connectivity index (χ1v) is 8.41. The summed E-state index contributed by atoms with van der Waals surface area (Å²) in [5.74, 6) is 1.84. The lowest BCUT2D eigenvalue weighted by Crippen LogP contribution is -2.28. The molecule has 7 heteroatoms. The smallest absolute Gasteiger partial charge is 0.255 e. The lowest BCUT2D eigenvalue weighted by Gasteiger charge is -2.15. The predicted octanol–water partition coefficient (Wildman–Crippen LogP) is 2.77. The number of carbonyl (C=O) groups excluding carboxylic acids is 1. The van der Waals surface area contributed by atoms with Crippen LogP contribution in [0.3, 0.4) is 0 Å². The molecule has 132 valence electrons. The average Bonchev–Trinajstić information content (AvgIpc) is 3.38. The zero-order chi connectivity index (χ0) is 17.9. The Morgan fingerprint density at radius 3 is 2.81 bits per heavy atom. The second kappa shape index (κ2) is 6.95. The maximum Gasteiger partial charge on any atom is 0.255 e. The van der Waals surface area contributed by atoms with Crippen molar-refractivity contribution >= 4 is 5.91 Å². The SMILES string of the molecule is COc1ccc(-c2nnc(C3CCN(C(=O)c4cccnc4)C3)o2)cc1. The first-order chi connectivity index (χ1) is 12.7. The minimum absolute atomic E-state index is 0.0181. The number of carbonyl (C=O) groups is 1. The van der Waals surface area contributed by atoms with E-state index in [9.17, 15) is 4.79 Å². The number of methoxy groups -OCH3 is 1. The summed E-state index contributed by atoms with van der Waals surface area (Å²) >= 11 is 0. The third kappa shape index (κ3) is 3.15. The van der Waals surface area contributed by atoms with E-state index in [4.69, 9.17) is 9.15 Å². The maximum atomic E-state index is 12.5. The summed E-state index contributed by atoms with van der Waals surface area (Å²) in [5, 5.41) is 8.33. The maximum absolute atomic E-state index is 12.5. The molecule has 0 radical (unpaired) electrons. The molecule has 3 heterocycles. The van der Waals surface area contributed by atoms with Crippen molar-refractivity contribution in [3.8, 4) is 17.2 Å². The number of rotatable bonds is 4. The van der Waals surface area contributed by atoms with Crippen LogP contribution >= 0.6 is 0 Å². The molecule has 0 bridgehead atoms. The summed E-state index contributed by atoms with van der Waals surface area (Å²) in [6.07, 6.45) is 4.04. The molecule has 7 nitrogen and oxygen atoms in total. The van der Waals surface area contributed by atoms with Gasteiger partial charge in [0.1, 0.15) is 5.75 Å². The molecule has 1 saturated heterocycles. The van der Waals surface area contributed by atoms with Crippen molar-refractivity contribution in [2.75, 3.05) is 20.2 Å². The molecule has 0 aliphatic carbocycles. The van der Waals surface area contributed by atoms with E-state index in [0.29, 0.717) is 30.4 Å². The van der Waals surface area contributed by atoms with Gasteiger partial charge in [-0.15, -0.1) is 10.2 Å². The number of benzene rings is 1. The lowest BCUT2D eigenvalue weighted by atomic mass is 10.1. The Morgan fingerprint density at radius 1 is 1.23 bits per heavy atom. The summed E-state index contributed by atoms with van der Waals surface area (Å²) in [4.78, 5) is 18.3. The number of hydrogen-bond donors (Lipinski definition) is 0. The molecule has 1 atom stereocenters. The van der Waals surface area contributed by atoms with Crippen LogP contribution in [0.1, 0.15) is 28.6 Å². The number of likely N-dealkylation sites (tertiary alicyclic amines) is 1. The lowest BCUT2D eigenvalue weighted by molar-refractivity contribution is 0.0789. The Kier molecular flexibility index (Phi) is 4.35. The first kappa shape index (κ1) is 16.3. The fourth-order valence-corrected chi connectivity index (χ4v) is 3.07. The van der Waals surface area contributed by atoms with Gasteiger partial charge in [0.05, 0.1) is 18.6 Å². The highest BCUT2D eigenvalue weighted by atomic mass is 16.5. The highest BCUT2D eigenvalue weighted by Gasteiger charge is 2.31. The van der Waals surface area contributed by atoms with E-state index in [1.165, 1.54) is 0 Å². The summed E-state index contributed by atoms with van der Waals surface area (Å²) < 4.78 is 11.0. The molecule has 1 fully saturated rings. The van der Waals surface area contributed by atoms with Crippen molar-refractivity contribution in [2.45, 2.75) is 12.3 Å². The normalized spacial score (nSPS) is 16.7. The molecule has 1 aromatic carbocycles. The number of pyridine rings is 1. The molecule has 1 aliphatic rings. The zero-order valence-electron chi connectivity index (χ0n) is 14.3. The van der Waals surface area contributed by atoms with E-state index >= 15 is 0 Å². The van der Waals surface area contributed by atoms with Gasteiger partial charge in [0.2, 0.25) is 11.8 Å². The monoisotopic (exact) mass is 350 g/mol. The fraction of sp³-hybridized carbons (Fsp3) is 0.263. The molecule has 1 unspecified atom stereocenters. The quantitative estimate of drug-likeness (QED) is 0.720. The molecule has 1 aliphatic heterocycles. The van der Waals surface area contributed by atoms with Gasteiger partial charge in [-0.1, -0.05) is 0 Å². The number of ether oxygens (including phenoxy) is 1. The van der Waals surface area contributed by atoms with Gasteiger partial charge >= 0.3 is 0 Å². The van der Waals surface area contributed by atoms with Gasteiger partial charge in [-0.2, -0.15) is 0 Å². The fourth-order valence-electron chi connectivity index (χ4n) is 3.07. The van der Waals surface area contributed by atoms with Crippen LogP contribution in [-0.2, 0) is 0 Å². The summed E-state index contributed by atoms with van der Waals surface area (Å²) in [7, 11) is 1.62. The van der Waals surface area contributed by atoms with Gasteiger partial charge in [-0.25, -0.2) is 0 Å². The van der Waals surface area contributed by atoms with Crippen molar-refractivity contribution in [1.82, 2.24) is 20.1 Å². The Labute approximate surface area is 150 Å². The van der Waals surface area contributed by atoms with Crippen LogP contribution in [0.2, 0.25) is 0 Å². The molecule has 3 aromatic rings. The molecular weight excluding hydrogens is 332 g/mol. The first-order valence-electron chi connectivity index (χ1n) is 8.41. The van der Waals surface area contributed by atoms with Gasteiger partial charge in [0.15, 0.2) is 0 Å². The van der Waals surface area contributed by atoms with E-state index < -0.39 is 0 Å². The van der Waals surface area contributed by atoms with Crippen molar-refractivity contribution in [1.29, 1.82) is 0 Å². The molecule has 26 heavy (non-hydrogen) atoms. The van der Waals surface area contributed by atoms with E-state index in [1.54, 1.807) is 36.5 Å². The predicted molar refractivity (Wildman–Crippen MR) is 93.8 cm³/mol. The molecule has 0 saturated carbocycles. The van der Waals surface area contributed by atoms with Crippen LogP contribution in [0.4, 0.5) is 0 Å². The highest BCUT2D eigenvalue weighted by Crippen LogP contribution is 2.29. The molecule has 1 amide bonds. The summed E-state index contributed by atoms with van der Waals surface area (Å²) in [5.41, 5.74) is 1.43. The number of amides is 1. The highest BCUT2D eigenvalue weighted by molar-refractivity contribution is 5.94. The molecule has 0 N–H and O–H groups in total. The Balaban J connectivity index is 1.46. The van der Waals surface area contributed by atoms with Gasteiger partial charge in [-0.05, 0) is 42.8 Å². The number of nitrogens with zero attached hydrogens (tertiary/aromatic N) is 4. The van der Waals surface area contributed by atoms with E-state index in [-0.39, 0.29) is 11.8 Å². The Morgan fingerprint density at radius 2 is 2.08 bits per heavy atom. The summed E-state index contributed by atoms with van der Waals surface area (Å²) in [6, 6.07) is 11.0. The van der Waals surface area contributed by atoms with Crippen molar-refractivity contribution < 1.29 is 13.9 Å². The third-order valence-electron chi connectivity index (χ3n) is 4.51. The number of hydrogen-bond acceptors (Lipinski definition) is 6. The zero-order valence-corrected chi connectivity index (χ0v) is 14.3. The topological polar surface area (TPSA) is 81.4 Å². The van der Waals surface area contributed by atoms with Gasteiger partial charge in [0, 0.05) is 31.0 Å². The molecule has 0 spiro atoms. The van der Waals surface area contributed by atoms with Crippen LogP contribution < -0.4 is 4.74 Å². The van der Waals surface area contributed by atoms with Crippen LogP contribution in [0.15, 0.2) is 53.2 Å². The second-order valence-electron chi connectivity index (χ2n) is 6.15. The average molecular weight is 350 g/mol. The molecular formula is C19H18N4O3.